The molecule has 134 valence electrons. The Bertz CT molecular complexity index is 871. The van der Waals surface area contributed by atoms with Gasteiger partial charge < -0.3 is 10.1 Å². The van der Waals surface area contributed by atoms with E-state index in [0.29, 0.717) is 18.3 Å². The van der Waals surface area contributed by atoms with Gasteiger partial charge in [0.1, 0.15) is 5.75 Å². The molecule has 0 fully saturated rings. The standard InChI is InChI=1S/C20H22N4O2/c1-14(2)19(25)24-20(21-13-15-7-5-4-6-8-15)22-18(23-24)16-9-11-17(26-3)12-10-16/h4-12,14H,13H2,1-3H3,(H,21,22,23). The zero-order valence-corrected chi connectivity index (χ0v) is 15.1. The van der Waals surface area contributed by atoms with Gasteiger partial charge in [-0.25, -0.2) is 0 Å². The molecule has 3 aromatic rings. The summed E-state index contributed by atoms with van der Waals surface area (Å²) in [6, 6.07) is 17.4. The third-order valence-electron chi connectivity index (χ3n) is 3.95. The molecule has 0 aliphatic carbocycles. The summed E-state index contributed by atoms with van der Waals surface area (Å²) in [6.45, 7) is 4.25. The molecule has 0 atom stereocenters. The molecule has 0 aliphatic rings. The number of benzene rings is 2. The number of rotatable bonds is 6. The Labute approximate surface area is 152 Å². The number of methoxy groups -OCH3 is 1. The summed E-state index contributed by atoms with van der Waals surface area (Å²) in [5.74, 6) is 1.41. The smallest absolute Gasteiger partial charge is 0.252 e. The number of aromatic nitrogens is 3. The molecular weight excluding hydrogens is 328 g/mol. The highest BCUT2D eigenvalue weighted by molar-refractivity contribution is 5.83. The van der Waals surface area contributed by atoms with Crippen LogP contribution in [0.4, 0.5) is 5.95 Å². The Balaban J connectivity index is 1.90. The molecule has 1 N–H and O–H groups in total. The Hall–Kier alpha value is -3.15. The normalized spacial score (nSPS) is 10.8. The van der Waals surface area contributed by atoms with Gasteiger partial charge in [-0.15, -0.1) is 5.10 Å². The number of anilines is 1. The second-order valence-corrected chi connectivity index (χ2v) is 6.23. The van der Waals surface area contributed by atoms with E-state index < -0.39 is 0 Å². The topological polar surface area (TPSA) is 69.0 Å². The van der Waals surface area contributed by atoms with Crippen LogP contribution in [-0.4, -0.2) is 27.8 Å². The molecule has 1 heterocycles. The van der Waals surface area contributed by atoms with E-state index >= 15 is 0 Å². The number of hydrogen-bond donors (Lipinski definition) is 1. The van der Waals surface area contributed by atoms with Crippen LogP contribution >= 0.6 is 0 Å². The average Bonchev–Trinajstić information content (AvgIpc) is 3.10. The maximum Gasteiger partial charge on any atom is 0.252 e. The van der Waals surface area contributed by atoms with Gasteiger partial charge in [-0.05, 0) is 29.8 Å². The van der Waals surface area contributed by atoms with E-state index in [9.17, 15) is 4.79 Å². The van der Waals surface area contributed by atoms with Gasteiger partial charge in [-0.2, -0.15) is 9.67 Å². The number of nitrogens with zero attached hydrogens (tertiary/aromatic N) is 3. The third-order valence-corrected chi connectivity index (χ3v) is 3.95. The van der Waals surface area contributed by atoms with E-state index in [4.69, 9.17) is 4.74 Å². The minimum atomic E-state index is -0.183. The van der Waals surface area contributed by atoms with Crippen molar-refractivity contribution in [3.63, 3.8) is 0 Å². The van der Waals surface area contributed by atoms with Gasteiger partial charge in [0, 0.05) is 18.0 Å². The van der Waals surface area contributed by atoms with Crippen molar-refractivity contribution in [2.24, 2.45) is 5.92 Å². The predicted molar refractivity (Wildman–Crippen MR) is 101 cm³/mol. The van der Waals surface area contributed by atoms with Crippen molar-refractivity contribution in [3.05, 3.63) is 60.2 Å². The van der Waals surface area contributed by atoms with Gasteiger partial charge in [0.25, 0.3) is 5.91 Å². The Kier molecular flexibility index (Phi) is 5.31. The van der Waals surface area contributed by atoms with Crippen LogP contribution in [0.5, 0.6) is 5.75 Å². The monoisotopic (exact) mass is 350 g/mol. The van der Waals surface area contributed by atoms with Crippen molar-refractivity contribution < 1.29 is 9.53 Å². The average molecular weight is 350 g/mol. The summed E-state index contributed by atoms with van der Waals surface area (Å²) < 4.78 is 6.53. The van der Waals surface area contributed by atoms with Crippen molar-refractivity contribution in [1.29, 1.82) is 0 Å². The van der Waals surface area contributed by atoms with Crippen molar-refractivity contribution in [3.8, 4) is 17.1 Å². The third kappa shape index (κ3) is 3.91. The van der Waals surface area contributed by atoms with Gasteiger partial charge in [0.05, 0.1) is 7.11 Å². The molecule has 0 aliphatic heterocycles. The number of carbonyl (C=O) groups excluding carboxylic acids is 1. The van der Waals surface area contributed by atoms with Gasteiger partial charge in [-0.3, -0.25) is 4.79 Å². The predicted octanol–water partition coefficient (Wildman–Crippen LogP) is 3.86. The highest BCUT2D eigenvalue weighted by atomic mass is 16.5. The summed E-state index contributed by atoms with van der Waals surface area (Å²) in [7, 11) is 1.62. The summed E-state index contributed by atoms with van der Waals surface area (Å²) >= 11 is 0. The molecule has 0 unspecified atom stereocenters. The molecular formula is C20H22N4O2. The fourth-order valence-corrected chi connectivity index (χ4v) is 2.46. The summed E-state index contributed by atoms with van der Waals surface area (Å²) in [5.41, 5.74) is 1.92. The second-order valence-electron chi connectivity index (χ2n) is 6.23. The lowest BCUT2D eigenvalue weighted by molar-refractivity contribution is 0.0841. The van der Waals surface area contributed by atoms with Crippen molar-refractivity contribution in [2.45, 2.75) is 20.4 Å². The molecule has 0 spiro atoms. The van der Waals surface area contributed by atoms with E-state index in [1.54, 1.807) is 7.11 Å². The molecule has 6 nitrogen and oxygen atoms in total. The van der Waals surface area contributed by atoms with Crippen molar-refractivity contribution in [1.82, 2.24) is 14.8 Å². The summed E-state index contributed by atoms with van der Waals surface area (Å²) in [5, 5.41) is 7.64. The molecule has 3 rings (SSSR count). The minimum absolute atomic E-state index is 0.104. The van der Waals surface area contributed by atoms with Crippen LogP contribution in [0.1, 0.15) is 24.2 Å². The number of ether oxygens (including phenoxy) is 1. The number of carbonyl (C=O) groups is 1. The quantitative estimate of drug-likeness (QED) is 0.731. The van der Waals surface area contributed by atoms with Crippen LogP contribution in [-0.2, 0) is 6.54 Å². The van der Waals surface area contributed by atoms with Gasteiger partial charge in [-0.1, -0.05) is 44.2 Å². The minimum Gasteiger partial charge on any atom is -0.497 e. The SMILES string of the molecule is COc1ccc(-c2nc(NCc3ccccc3)n(C(=O)C(C)C)n2)cc1. The van der Waals surface area contributed by atoms with Crippen LogP contribution < -0.4 is 10.1 Å². The maximum absolute atomic E-state index is 12.5. The highest BCUT2D eigenvalue weighted by Gasteiger charge is 2.19. The first-order valence-corrected chi connectivity index (χ1v) is 8.52. The van der Waals surface area contributed by atoms with Crippen molar-refractivity contribution >= 4 is 11.9 Å². The van der Waals surface area contributed by atoms with Crippen LogP contribution in [0.15, 0.2) is 54.6 Å². The van der Waals surface area contributed by atoms with E-state index in [2.05, 4.69) is 15.4 Å². The fourth-order valence-electron chi connectivity index (χ4n) is 2.46. The molecule has 6 heteroatoms. The Morgan fingerprint density at radius 2 is 1.81 bits per heavy atom. The first kappa shape index (κ1) is 17.7. The van der Waals surface area contributed by atoms with E-state index in [-0.39, 0.29) is 11.8 Å². The summed E-state index contributed by atoms with van der Waals surface area (Å²) in [4.78, 5) is 17.1. The molecule has 1 aromatic heterocycles. The highest BCUT2D eigenvalue weighted by Crippen LogP contribution is 2.22. The zero-order chi connectivity index (χ0) is 18.5. The lowest BCUT2D eigenvalue weighted by Crippen LogP contribution is -2.21. The van der Waals surface area contributed by atoms with Crippen LogP contribution in [0.25, 0.3) is 11.4 Å². The Morgan fingerprint density at radius 1 is 1.12 bits per heavy atom. The van der Waals surface area contributed by atoms with Crippen LogP contribution in [0, 0.1) is 5.92 Å². The van der Waals surface area contributed by atoms with Gasteiger partial charge >= 0.3 is 0 Å². The van der Waals surface area contributed by atoms with E-state index in [1.165, 1.54) is 4.68 Å². The van der Waals surface area contributed by atoms with Crippen LogP contribution in [0.3, 0.4) is 0 Å². The maximum atomic E-state index is 12.5. The van der Waals surface area contributed by atoms with Gasteiger partial charge in [0.15, 0.2) is 5.82 Å². The first-order chi connectivity index (χ1) is 12.6. The fraction of sp³-hybridized carbons (Fsp3) is 0.250. The Morgan fingerprint density at radius 3 is 2.42 bits per heavy atom. The van der Waals surface area contributed by atoms with Crippen molar-refractivity contribution in [2.75, 3.05) is 12.4 Å². The number of nitrogens with one attached hydrogen (secondary N) is 1. The molecule has 0 saturated carbocycles. The molecule has 26 heavy (non-hydrogen) atoms. The van der Waals surface area contributed by atoms with E-state index in [0.717, 1.165) is 16.9 Å². The largest absolute Gasteiger partial charge is 0.497 e. The lowest BCUT2D eigenvalue weighted by atomic mass is 10.2. The molecule has 0 bridgehead atoms. The number of hydrogen-bond acceptors (Lipinski definition) is 5. The van der Waals surface area contributed by atoms with Crippen LogP contribution in [0.2, 0.25) is 0 Å². The first-order valence-electron chi connectivity index (χ1n) is 8.52. The second kappa shape index (κ2) is 7.82. The molecule has 0 radical (unpaired) electrons. The molecule has 0 saturated heterocycles. The zero-order valence-electron chi connectivity index (χ0n) is 15.1. The summed E-state index contributed by atoms with van der Waals surface area (Å²) in [6.07, 6.45) is 0. The molecule has 2 aromatic carbocycles. The lowest BCUT2D eigenvalue weighted by Gasteiger charge is -2.08. The van der Waals surface area contributed by atoms with Gasteiger partial charge in [0.2, 0.25) is 5.95 Å². The molecule has 0 amide bonds. The van der Waals surface area contributed by atoms with E-state index in [1.807, 2.05) is 68.4 Å².